The van der Waals surface area contributed by atoms with Gasteiger partial charge >= 0.3 is 0 Å². The zero-order valence-corrected chi connectivity index (χ0v) is 17.2. The van der Waals surface area contributed by atoms with Crippen molar-refractivity contribution < 1.29 is 9.53 Å². The molecule has 1 heterocycles. The Balaban J connectivity index is 1.79. The van der Waals surface area contributed by atoms with Gasteiger partial charge in [0.05, 0.1) is 11.8 Å². The number of rotatable bonds is 7. The fourth-order valence-electron chi connectivity index (χ4n) is 2.83. The smallest absolute Gasteiger partial charge is 0.274 e. The van der Waals surface area contributed by atoms with Gasteiger partial charge in [0.15, 0.2) is 0 Å². The second-order valence-electron chi connectivity index (χ2n) is 6.98. The van der Waals surface area contributed by atoms with Crippen molar-refractivity contribution in [3.8, 4) is 5.75 Å². The molecule has 6 nitrogen and oxygen atoms in total. The first-order valence-corrected chi connectivity index (χ1v) is 9.73. The third kappa shape index (κ3) is 5.54. The summed E-state index contributed by atoms with van der Waals surface area (Å²) in [6.07, 6.45) is 0.989. The number of carbonyl (C=O) groups excluding carboxylic acids is 1. The van der Waals surface area contributed by atoms with Gasteiger partial charge in [-0.3, -0.25) is 4.79 Å². The lowest BCUT2D eigenvalue weighted by Crippen LogP contribution is -2.17. The Labute approximate surface area is 171 Å². The monoisotopic (exact) mass is 390 g/mol. The molecule has 1 aromatic heterocycles. The second-order valence-corrected chi connectivity index (χ2v) is 6.98. The summed E-state index contributed by atoms with van der Waals surface area (Å²) < 4.78 is 5.77. The summed E-state index contributed by atoms with van der Waals surface area (Å²) in [5, 5.41) is 6.12. The number of para-hydroxylation sites is 2. The maximum Gasteiger partial charge on any atom is 0.274 e. The van der Waals surface area contributed by atoms with Crippen LogP contribution in [0.1, 0.15) is 42.6 Å². The average molecular weight is 390 g/mol. The van der Waals surface area contributed by atoms with Crippen LogP contribution in [0.3, 0.4) is 0 Å². The van der Waals surface area contributed by atoms with Gasteiger partial charge in [-0.1, -0.05) is 31.2 Å². The van der Waals surface area contributed by atoms with Crippen LogP contribution in [0.25, 0.3) is 0 Å². The normalized spacial score (nSPS) is 10.7. The SMILES string of the molecule is CCc1ccc(Nc2cc(C(=O)Nc3ccccc3OC(C)C)nc(C)n2)cc1. The molecule has 0 bridgehead atoms. The number of nitrogens with zero attached hydrogens (tertiary/aromatic N) is 2. The van der Waals surface area contributed by atoms with E-state index in [1.54, 1.807) is 19.1 Å². The maximum atomic E-state index is 12.8. The molecule has 0 radical (unpaired) electrons. The van der Waals surface area contributed by atoms with Crippen LogP contribution in [0, 0.1) is 6.92 Å². The molecule has 6 heteroatoms. The fraction of sp³-hybridized carbons (Fsp3) is 0.261. The lowest BCUT2D eigenvalue weighted by atomic mass is 10.1. The van der Waals surface area contributed by atoms with Crippen LogP contribution in [0.4, 0.5) is 17.2 Å². The van der Waals surface area contributed by atoms with E-state index < -0.39 is 0 Å². The first-order chi connectivity index (χ1) is 13.9. The number of aromatic nitrogens is 2. The zero-order chi connectivity index (χ0) is 20.8. The van der Waals surface area contributed by atoms with Crippen LogP contribution in [0.5, 0.6) is 5.75 Å². The largest absolute Gasteiger partial charge is 0.489 e. The summed E-state index contributed by atoms with van der Waals surface area (Å²) in [4.78, 5) is 21.5. The molecule has 0 aliphatic carbocycles. The predicted molar refractivity (Wildman–Crippen MR) is 116 cm³/mol. The molecule has 29 heavy (non-hydrogen) atoms. The minimum absolute atomic E-state index is 0.00393. The van der Waals surface area contributed by atoms with Crippen LogP contribution in [0.2, 0.25) is 0 Å². The van der Waals surface area contributed by atoms with E-state index in [0.717, 1.165) is 12.1 Å². The van der Waals surface area contributed by atoms with Crippen molar-refractivity contribution in [2.45, 2.75) is 40.2 Å². The summed E-state index contributed by atoms with van der Waals surface area (Å²) in [5.74, 6) is 1.38. The number of nitrogens with one attached hydrogen (secondary N) is 2. The Morgan fingerprint density at radius 1 is 1.07 bits per heavy atom. The molecule has 0 saturated carbocycles. The van der Waals surface area contributed by atoms with Gasteiger partial charge in [-0.05, 0) is 57.0 Å². The van der Waals surface area contributed by atoms with Gasteiger partial charge in [0, 0.05) is 11.8 Å². The summed E-state index contributed by atoms with van der Waals surface area (Å²) in [6.45, 7) is 7.76. The van der Waals surface area contributed by atoms with Gasteiger partial charge in [-0.2, -0.15) is 0 Å². The molecular formula is C23H26N4O2. The van der Waals surface area contributed by atoms with E-state index in [4.69, 9.17) is 4.74 Å². The first-order valence-electron chi connectivity index (χ1n) is 9.73. The van der Waals surface area contributed by atoms with E-state index >= 15 is 0 Å². The van der Waals surface area contributed by atoms with E-state index in [0.29, 0.717) is 23.1 Å². The number of hydrogen-bond donors (Lipinski definition) is 2. The minimum atomic E-state index is -0.320. The first kappa shape index (κ1) is 20.3. The lowest BCUT2D eigenvalue weighted by Gasteiger charge is -2.15. The van der Waals surface area contributed by atoms with E-state index in [1.165, 1.54) is 5.56 Å². The molecule has 0 spiro atoms. The molecule has 3 aromatic rings. The Hall–Kier alpha value is -3.41. The molecule has 2 N–H and O–H groups in total. The number of aryl methyl sites for hydroxylation is 2. The average Bonchev–Trinajstić information content (AvgIpc) is 2.69. The topological polar surface area (TPSA) is 76.1 Å². The highest BCUT2D eigenvalue weighted by atomic mass is 16.5. The summed E-state index contributed by atoms with van der Waals surface area (Å²) in [7, 11) is 0. The predicted octanol–water partition coefficient (Wildman–Crippen LogP) is 5.13. The lowest BCUT2D eigenvalue weighted by molar-refractivity contribution is 0.102. The van der Waals surface area contributed by atoms with Crippen molar-refractivity contribution >= 4 is 23.1 Å². The van der Waals surface area contributed by atoms with E-state index in [1.807, 2.05) is 44.2 Å². The zero-order valence-electron chi connectivity index (χ0n) is 17.2. The quantitative estimate of drug-likeness (QED) is 0.585. The van der Waals surface area contributed by atoms with Crippen molar-refractivity contribution in [3.05, 3.63) is 71.7 Å². The molecule has 0 aliphatic heterocycles. The molecule has 1 amide bonds. The standard InChI is InChI=1S/C23H26N4O2/c1-5-17-10-12-18(13-11-17)26-22-14-20(24-16(4)25-22)23(28)27-19-8-6-7-9-21(19)29-15(2)3/h6-15H,5H2,1-4H3,(H,27,28)(H,24,25,26). The third-order valence-corrected chi connectivity index (χ3v) is 4.20. The van der Waals surface area contributed by atoms with E-state index in [9.17, 15) is 4.79 Å². The van der Waals surface area contributed by atoms with Gasteiger partial charge in [0.1, 0.15) is 23.1 Å². The Morgan fingerprint density at radius 2 is 1.79 bits per heavy atom. The number of benzene rings is 2. The van der Waals surface area contributed by atoms with Crippen LogP contribution < -0.4 is 15.4 Å². The molecule has 0 aliphatic rings. The minimum Gasteiger partial charge on any atom is -0.489 e. The molecule has 150 valence electrons. The Kier molecular flexibility index (Phi) is 6.44. The van der Waals surface area contributed by atoms with Crippen molar-refractivity contribution in [1.29, 1.82) is 0 Å². The maximum absolute atomic E-state index is 12.8. The summed E-state index contributed by atoms with van der Waals surface area (Å²) in [5.41, 5.74) is 3.05. The summed E-state index contributed by atoms with van der Waals surface area (Å²) in [6, 6.07) is 17.1. The highest BCUT2D eigenvalue weighted by Crippen LogP contribution is 2.25. The van der Waals surface area contributed by atoms with Gasteiger partial charge in [0.25, 0.3) is 5.91 Å². The van der Waals surface area contributed by atoms with Gasteiger partial charge in [-0.25, -0.2) is 9.97 Å². The van der Waals surface area contributed by atoms with Gasteiger partial charge in [0.2, 0.25) is 0 Å². The van der Waals surface area contributed by atoms with E-state index in [-0.39, 0.29) is 17.7 Å². The van der Waals surface area contributed by atoms with Crippen molar-refractivity contribution in [2.75, 3.05) is 10.6 Å². The number of ether oxygens (including phenoxy) is 1. The Morgan fingerprint density at radius 3 is 2.48 bits per heavy atom. The fourth-order valence-corrected chi connectivity index (χ4v) is 2.83. The van der Waals surface area contributed by atoms with Crippen LogP contribution >= 0.6 is 0 Å². The van der Waals surface area contributed by atoms with Crippen molar-refractivity contribution in [3.63, 3.8) is 0 Å². The molecular weight excluding hydrogens is 364 g/mol. The Bertz CT molecular complexity index is 984. The molecule has 0 unspecified atom stereocenters. The molecule has 0 atom stereocenters. The number of amides is 1. The van der Waals surface area contributed by atoms with E-state index in [2.05, 4.69) is 39.7 Å². The summed E-state index contributed by atoms with van der Waals surface area (Å²) >= 11 is 0. The number of anilines is 3. The third-order valence-electron chi connectivity index (χ3n) is 4.20. The van der Waals surface area contributed by atoms with Gasteiger partial charge in [-0.15, -0.1) is 0 Å². The molecule has 0 fully saturated rings. The van der Waals surface area contributed by atoms with Crippen molar-refractivity contribution in [1.82, 2.24) is 9.97 Å². The van der Waals surface area contributed by atoms with Crippen LogP contribution in [0.15, 0.2) is 54.6 Å². The highest BCUT2D eigenvalue weighted by Gasteiger charge is 2.14. The number of hydrogen-bond acceptors (Lipinski definition) is 5. The van der Waals surface area contributed by atoms with Crippen molar-refractivity contribution in [2.24, 2.45) is 0 Å². The van der Waals surface area contributed by atoms with Gasteiger partial charge < -0.3 is 15.4 Å². The van der Waals surface area contributed by atoms with Crippen LogP contribution in [-0.4, -0.2) is 22.0 Å². The van der Waals surface area contributed by atoms with Crippen LogP contribution in [-0.2, 0) is 6.42 Å². The second kappa shape index (κ2) is 9.19. The molecule has 0 saturated heterocycles. The molecule has 2 aromatic carbocycles. The molecule has 3 rings (SSSR count). The highest BCUT2D eigenvalue weighted by molar-refractivity contribution is 6.04. The number of carbonyl (C=O) groups is 1.